The lowest BCUT2D eigenvalue weighted by Gasteiger charge is -2.21. The van der Waals surface area contributed by atoms with Gasteiger partial charge in [-0.1, -0.05) is 18.2 Å². The summed E-state index contributed by atoms with van der Waals surface area (Å²) in [6.45, 7) is 1.83. The number of amides is 2. The Morgan fingerprint density at radius 3 is 2.74 bits per heavy atom. The Kier molecular flexibility index (Phi) is 7.82. The number of H-pyrrole nitrogens is 1. The molecule has 2 unspecified atom stereocenters. The average molecular weight is 374 g/mol. The summed E-state index contributed by atoms with van der Waals surface area (Å²) in [7, 11) is 4.83. The number of aromatic nitrogens is 1. The van der Waals surface area contributed by atoms with Crippen molar-refractivity contribution >= 4 is 22.7 Å². The van der Waals surface area contributed by atoms with Crippen molar-refractivity contribution in [1.29, 1.82) is 0 Å². The van der Waals surface area contributed by atoms with Crippen LogP contribution in [0.2, 0.25) is 0 Å². The van der Waals surface area contributed by atoms with Gasteiger partial charge in [-0.05, 0) is 44.9 Å². The quantitative estimate of drug-likeness (QED) is 0.555. The van der Waals surface area contributed by atoms with Crippen molar-refractivity contribution < 1.29 is 14.4 Å². The molecule has 27 heavy (non-hydrogen) atoms. The Morgan fingerprint density at radius 1 is 1.30 bits per heavy atom. The van der Waals surface area contributed by atoms with Crippen LogP contribution >= 0.6 is 0 Å². The van der Waals surface area contributed by atoms with Crippen molar-refractivity contribution in [3.63, 3.8) is 0 Å². The van der Waals surface area contributed by atoms with Crippen molar-refractivity contribution in [3.8, 4) is 0 Å². The summed E-state index contributed by atoms with van der Waals surface area (Å²) in [5.41, 5.74) is 2.24. The molecule has 0 aliphatic rings. The minimum absolute atomic E-state index is 0.0392. The maximum atomic E-state index is 12.4. The predicted octanol–water partition coefficient (Wildman–Crippen LogP) is 1.99. The van der Waals surface area contributed by atoms with Crippen LogP contribution in [0.4, 0.5) is 0 Å². The number of para-hydroxylation sites is 1. The minimum atomic E-state index is -0.267. The average Bonchev–Trinajstić information content (AvgIpc) is 3.09. The maximum Gasteiger partial charge on any atom is 0.245 e. The van der Waals surface area contributed by atoms with Crippen LogP contribution in [0.5, 0.6) is 0 Å². The first-order valence-corrected chi connectivity index (χ1v) is 9.29. The number of fused-ring (bicyclic) bond motifs is 1. The molecular weight excluding hydrogens is 344 g/mol. The summed E-state index contributed by atoms with van der Waals surface area (Å²) in [5, 5.41) is 8.47. The lowest BCUT2D eigenvalue weighted by Crippen LogP contribution is -2.46. The van der Waals surface area contributed by atoms with Crippen LogP contribution in [0.3, 0.4) is 0 Å². The van der Waals surface area contributed by atoms with Crippen molar-refractivity contribution in [1.82, 2.24) is 20.7 Å². The zero-order valence-corrected chi connectivity index (χ0v) is 16.5. The van der Waals surface area contributed by atoms with Crippen LogP contribution in [-0.2, 0) is 20.8 Å². The molecule has 2 rings (SSSR count). The minimum Gasteiger partial charge on any atom is -0.361 e. The van der Waals surface area contributed by atoms with Gasteiger partial charge in [0.15, 0.2) is 0 Å². The molecule has 0 bridgehead atoms. The molecule has 0 aliphatic carbocycles. The lowest BCUT2D eigenvalue weighted by molar-refractivity contribution is -0.168. The lowest BCUT2D eigenvalue weighted by atomic mass is 9.99. The molecule has 148 valence electrons. The normalized spacial score (nSPS) is 13.3. The van der Waals surface area contributed by atoms with Gasteiger partial charge in [-0.25, -0.2) is 5.06 Å². The first-order chi connectivity index (χ1) is 13.0. The highest BCUT2D eigenvalue weighted by Crippen LogP contribution is 2.20. The molecule has 1 aromatic carbocycles. The van der Waals surface area contributed by atoms with Gasteiger partial charge in [-0.2, -0.15) is 0 Å². The predicted molar refractivity (Wildman–Crippen MR) is 106 cm³/mol. The first-order valence-electron chi connectivity index (χ1n) is 9.29. The van der Waals surface area contributed by atoms with Crippen LogP contribution in [0, 0.1) is 0 Å². The Bertz CT molecular complexity index is 759. The third-order valence-corrected chi connectivity index (χ3v) is 4.88. The van der Waals surface area contributed by atoms with Crippen molar-refractivity contribution in [2.24, 2.45) is 0 Å². The number of aromatic amines is 1. The number of rotatable bonds is 10. The van der Waals surface area contributed by atoms with E-state index in [1.54, 1.807) is 14.1 Å². The molecule has 0 radical (unpaired) electrons. The summed E-state index contributed by atoms with van der Waals surface area (Å²) in [5.74, 6) is -0.110. The molecule has 2 amide bonds. The van der Waals surface area contributed by atoms with E-state index in [2.05, 4.69) is 21.7 Å². The van der Waals surface area contributed by atoms with E-state index in [9.17, 15) is 9.59 Å². The number of nitrogens with one attached hydrogen (secondary N) is 3. The van der Waals surface area contributed by atoms with E-state index in [0.717, 1.165) is 16.5 Å². The highest BCUT2D eigenvalue weighted by molar-refractivity contribution is 5.84. The molecule has 7 heteroatoms. The third-order valence-electron chi connectivity index (χ3n) is 4.88. The number of nitrogens with zero attached hydrogens (tertiary/aromatic N) is 1. The maximum absolute atomic E-state index is 12.4. The van der Waals surface area contributed by atoms with Gasteiger partial charge in [-0.15, -0.1) is 0 Å². The fourth-order valence-electron chi connectivity index (χ4n) is 3.01. The van der Waals surface area contributed by atoms with Gasteiger partial charge in [0, 0.05) is 36.6 Å². The number of carbonyl (C=O) groups is 2. The van der Waals surface area contributed by atoms with Crippen molar-refractivity contribution in [2.75, 3.05) is 21.2 Å². The third kappa shape index (κ3) is 5.80. The van der Waals surface area contributed by atoms with E-state index < -0.39 is 0 Å². The smallest absolute Gasteiger partial charge is 0.245 e. The van der Waals surface area contributed by atoms with Gasteiger partial charge >= 0.3 is 0 Å². The second-order valence-corrected chi connectivity index (χ2v) is 6.75. The van der Waals surface area contributed by atoms with Crippen molar-refractivity contribution in [2.45, 2.75) is 44.7 Å². The Morgan fingerprint density at radius 2 is 2.04 bits per heavy atom. The summed E-state index contributed by atoms with van der Waals surface area (Å²) in [4.78, 5) is 32.5. The second kappa shape index (κ2) is 10.1. The largest absolute Gasteiger partial charge is 0.361 e. The van der Waals surface area contributed by atoms with Gasteiger partial charge in [-0.3, -0.25) is 14.4 Å². The number of benzene rings is 1. The summed E-state index contributed by atoms with van der Waals surface area (Å²) >= 11 is 0. The van der Waals surface area contributed by atoms with Crippen molar-refractivity contribution in [3.05, 3.63) is 36.0 Å². The molecule has 0 fully saturated rings. The standard InChI is InChI=1S/C20H30N4O3/c1-14(21-2)20(26)23-16(8-7-11-19(25)24(3)27-4)12-15-13-22-18-10-6-5-9-17(15)18/h5-6,9-10,13-14,16,21-22H,7-8,11-12H2,1-4H3,(H,23,26). The van der Waals surface area contributed by atoms with E-state index in [4.69, 9.17) is 4.84 Å². The van der Waals surface area contributed by atoms with Crippen LogP contribution < -0.4 is 10.6 Å². The molecule has 1 heterocycles. The molecule has 2 atom stereocenters. The van der Waals surface area contributed by atoms with Crippen LogP contribution in [0.1, 0.15) is 31.7 Å². The van der Waals surface area contributed by atoms with Gasteiger partial charge in [0.25, 0.3) is 0 Å². The number of hydroxylamine groups is 2. The topological polar surface area (TPSA) is 86.5 Å². The van der Waals surface area contributed by atoms with E-state index in [0.29, 0.717) is 25.7 Å². The monoisotopic (exact) mass is 374 g/mol. The zero-order chi connectivity index (χ0) is 19.8. The Hall–Kier alpha value is -2.38. The number of hydrogen-bond donors (Lipinski definition) is 3. The molecule has 0 spiro atoms. The van der Waals surface area contributed by atoms with Crippen LogP contribution in [-0.4, -0.2) is 55.2 Å². The summed E-state index contributed by atoms with van der Waals surface area (Å²) < 4.78 is 0. The molecule has 1 aromatic heterocycles. The number of hydrogen-bond acceptors (Lipinski definition) is 4. The molecule has 0 saturated heterocycles. The van der Waals surface area contributed by atoms with Gasteiger partial charge < -0.3 is 15.6 Å². The van der Waals surface area contributed by atoms with Gasteiger partial charge in [0.1, 0.15) is 0 Å². The highest BCUT2D eigenvalue weighted by atomic mass is 16.7. The molecule has 0 aliphatic heterocycles. The Balaban J connectivity index is 2.05. The SMILES string of the molecule is CNC(C)C(=O)NC(CCCC(=O)N(C)OC)Cc1c[nH]c2ccccc12. The number of carbonyl (C=O) groups excluding carboxylic acids is 2. The molecule has 7 nitrogen and oxygen atoms in total. The summed E-state index contributed by atoms with van der Waals surface area (Å²) in [6.07, 6.45) is 4.47. The van der Waals surface area contributed by atoms with Crippen LogP contribution in [0.15, 0.2) is 30.5 Å². The van der Waals surface area contributed by atoms with E-state index >= 15 is 0 Å². The first kappa shape index (κ1) is 20.9. The fraction of sp³-hybridized carbons (Fsp3) is 0.500. The van der Waals surface area contributed by atoms with Gasteiger partial charge in [0.05, 0.1) is 13.2 Å². The zero-order valence-electron chi connectivity index (χ0n) is 16.5. The van der Waals surface area contributed by atoms with E-state index in [1.807, 2.05) is 31.3 Å². The van der Waals surface area contributed by atoms with Gasteiger partial charge in [0.2, 0.25) is 11.8 Å². The fourth-order valence-corrected chi connectivity index (χ4v) is 3.01. The van der Waals surface area contributed by atoms with E-state index in [1.165, 1.54) is 12.2 Å². The highest BCUT2D eigenvalue weighted by Gasteiger charge is 2.19. The second-order valence-electron chi connectivity index (χ2n) is 6.75. The van der Waals surface area contributed by atoms with E-state index in [-0.39, 0.29) is 23.9 Å². The molecule has 0 saturated carbocycles. The van der Waals surface area contributed by atoms with Crippen LogP contribution in [0.25, 0.3) is 10.9 Å². The molecule has 2 aromatic rings. The molecule has 3 N–H and O–H groups in total. The summed E-state index contributed by atoms with van der Waals surface area (Å²) in [6, 6.07) is 7.80. The number of likely N-dealkylation sites (N-methyl/N-ethyl adjacent to an activating group) is 1. The Labute approximate surface area is 160 Å². The molecular formula is C20H30N4O3.